The molecule has 2 saturated heterocycles. The largest absolute Gasteiger partial charge is 0.460 e. The molecule has 3 aromatic rings. The Labute approximate surface area is 209 Å². The molecule has 0 unspecified atom stereocenters. The fraction of sp³-hybridized carbons (Fsp3) is 0.560. The van der Waals surface area contributed by atoms with Gasteiger partial charge in [-0.1, -0.05) is 18.3 Å². The van der Waals surface area contributed by atoms with Crippen LogP contribution in [0.1, 0.15) is 38.2 Å². The summed E-state index contributed by atoms with van der Waals surface area (Å²) in [4.78, 5) is 25.8. The van der Waals surface area contributed by atoms with Gasteiger partial charge < -0.3 is 19.7 Å². The fourth-order valence-corrected chi connectivity index (χ4v) is 5.93. The van der Waals surface area contributed by atoms with E-state index in [1.165, 1.54) is 30.0 Å². The van der Waals surface area contributed by atoms with E-state index >= 15 is 0 Å². The normalized spacial score (nSPS) is 20.4. The van der Waals surface area contributed by atoms with E-state index < -0.39 is 0 Å². The van der Waals surface area contributed by atoms with Crippen molar-refractivity contribution in [1.82, 2.24) is 29.8 Å². The molecule has 35 heavy (non-hydrogen) atoms. The number of likely N-dealkylation sites (tertiary alicyclic amines) is 1. The van der Waals surface area contributed by atoms with Crippen LogP contribution in [0.2, 0.25) is 0 Å². The Balaban J connectivity index is 1.04. The van der Waals surface area contributed by atoms with Crippen LogP contribution >= 0.6 is 11.3 Å². The van der Waals surface area contributed by atoms with Crippen LogP contribution in [-0.4, -0.2) is 68.8 Å². The number of rotatable bonds is 8. The molecular formula is C25H31N7O2S. The van der Waals surface area contributed by atoms with Crippen molar-refractivity contribution in [2.45, 2.75) is 45.1 Å². The summed E-state index contributed by atoms with van der Waals surface area (Å²) in [7, 11) is 0. The second kappa shape index (κ2) is 9.75. The van der Waals surface area contributed by atoms with Gasteiger partial charge in [-0.25, -0.2) is 19.9 Å². The average molecular weight is 494 g/mol. The Morgan fingerprint density at radius 1 is 1.11 bits per heavy atom. The van der Waals surface area contributed by atoms with Crippen molar-refractivity contribution in [3.8, 4) is 16.6 Å². The van der Waals surface area contributed by atoms with Gasteiger partial charge in [-0.3, -0.25) is 0 Å². The predicted octanol–water partition coefficient (Wildman–Crippen LogP) is 3.97. The standard InChI is InChI=1S/C25H31N7O2S/c1-2-32-13-18(14-32)9-17-10-27-22(28-11-17)31-24-29-12-21(35-24)20-5-8-26-23(30-20)34-19-3-6-25(7-4-19)15-33-16-25/h5,8,10-12,18-19H,2-4,6-7,9,13-16H2,1H3,(H,27,28,29,31). The molecule has 3 fully saturated rings. The number of hydrogen-bond donors (Lipinski definition) is 1. The lowest BCUT2D eigenvalue weighted by molar-refractivity contribution is -0.140. The van der Waals surface area contributed by atoms with Crippen LogP contribution in [-0.2, 0) is 11.2 Å². The summed E-state index contributed by atoms with van der Waals surface area (Å²) in [6.07, 6.45) is 13.0. The minimum atomic E-state index is 0.171. The van der Waals surface area contributed by atoms with Crippen LogP contribution in [0.5, 0.6) is 6.01 Å². The lowest BCUT2D eigenvalue weighted by Gasteiger charge is -2.45. The molecule has 0 amide bonds. The molecule has 3 aliphatic rings. The highest BCUT2D eigenvalue weighted by atomic mass is 32.1. The number of aromatic nitrogens is 5. The van der Waals surface area contributed by atoms with E-state index in [-0.39, 0.29) is 6.10 Å². The van der Waals surface area contributed by atoms with Crippen LogP contribution < -0.4 is 10.1 Å². The molecule has 1 spiro atoms. The number of anilines is 2. The molecule has 0 atom stereocenters. The van der Waals surface area contributed by atoms with Crippen molar-refractivity contribution >= 4 is 22.4 Å². The van der Waals surface area contributed by atoms with Gasteiger partial charge in [-0.05, 0) is 56.2 Å². The van der Waals surface area contributed by atoms with Gasteiger partial charge in [0, 0.05) is 43.3 Å². The van der Waals surface area contributed by atoms with Crippen molar-refractivity contribution in [1.29, 1.82) is 0 Å². The van der Waals surface area contributed by atoms with Crippen LogP contribution in [0, 0.1) is 11.3 Å². The van der Waals surface area contributed by atoms with Gasteiger partial charge in [0.15, 0.2) is 5.13 Å². The second-order valence-electron chi connectivity index (χ2n) is 10.0. The van der Waals surface area contributed by atoms with Crippen molar-refractivity contribution < 1.29 is 9.47 Å². The highest BCUT2D eigenvalue weighted by Gasteiger charge is 2.42. The first-order valence-electron chi connectivity index (χ1n) is 12.5. The molecule has 6 rings (SSSR count). The van der Waals surface area contributed by atoms with E-state index in [1.54, 1.807) is 6.20 Å². The van der Waals surface area contributed by atoms with Crippen LogP contribution in [0.15, 0.2) is 30.9 Å². The average Bonchev–Trinajstić information content (AvgIpc) is 3.30. The summed E-state index contributed by atoms with van der Waals surface area (Å²) in [5.41, 5.74) is 2.39. The summed E-state index contributed by atoms with van der Waals surface area (Å²) in [5.74, 6) is 1.27. The summed E-state index contributed by atoms with van der Waals surface area (Å²) in [6, 6.07) is 2.32. The molecule has 1 saturated carbocycles. The van der Waals surface area contributed by atoms with Crippen LogP contribution in [0.3, 0.4) is 0 Å². The van der Waals surface area contributed by atoms with Gasteiger partial charge in [0.05, 0.1) is 23.8 Å². The van der Waals surface area contributed by atoms with Crippen molar-refractivity contribution in [3.63, 3.8) is 0 Å². The number of nitrogens with one attached hydrogen (secondary N) is 1. The first kappa shape index (κ1) is 22.8. The van der Waals surface area contributed by atoms with E-state index in [9.17, 15) is 0 Å². The van der Waals surface area contributed by atoms with Gasteiger partial charge in [-0.15, -0.1) is 0 Å². The van der Waals surface area contributed by atoms with Gasteiger partial charge in [-0.2, -0.15) is 4.98 Å². The minimum Gasteiger partial charge on any atom is -0.460 e. The van der Waals surface area contributed by atoms with Crippen LogP contribution in [0.4, 0.5) is 11.1 Å². The maximum absolute atomic E-state index is 6.13. The maximum atomic E-state index is 6.13. The predicted molar refractivity (Wildman–Crippen MR) is 134 cm³/mol. The summed E-state index contributed by atoms with van der Waals surface area (Å²) in [6.45, 7) is 7.49. The third-order valence-electron chi connectivity index (χ3n) is 7.40. The smallest absolute Gasteiger partial charge is 0.317 e. The Morgan fingerprint density at radius 2 is 1.91 bits per heavy atom. The Kier molecular flexibility index (Phi) is 6.34. The lowest BCUT2D eigenvalue weighted by atomic mass is 9.72. The van der Waals surface area contributed by atoms with Gasteiger partial charge in [0.25, 0.3) is 0 Å². The Hall–Kier alpha value is -2.69. The molecule has 2 aliphatic heterocycles. The first-order chi connectivity index (χ1) is 17.2. The zero-order valence-electron chi connectivity index (χ0n) is 20.0. The molecule has 5 heterocycles. The summed E-state index contributed by atoms with van der Waals surface area (Å²) < 4.78 is 11.5. The van der Waals surface area contributed by atoms with E-state index in [0.29, 0.717) is 23.3 Å². The molecule has 1 N–H and O–H groups in total. The molecule has 0 radical (unpaired) electrons. The monoisotopic (exact) mass is 493 g/mol. The fourth-order valence-electron chi connectivity index (χ4n) is 5.15. The maximum Gasteiger partial charge on any atom is 0.317 e. The van der Waals surface area contributed by atoms with Crippen molar-refractivity contribution in [3.05, 3.63) is 36.4 Å². The zero-order chi connectivity index (χ0) is 23.7. The number of hydrogen-bond acceptors (Lipinski definition) is 10. The van der Waals surface area contributed by atoms with Crippen LogP contribution in [0.25, 0.3) is 10.6 Å². The second-order valence-corrected chi connectivity index (χ2v) is 11.1. The van der Waals surface area contributed by atoms with Gasteiger partial charge in [0.2, 0.25) is 5.95 Å². The van der Waals surface area contributed by atoms with Gasteiger partial charge >= 0.3 is 6.01 Å². The number of ether oxygens (including phenoxy) is 2. The van der Waals surface area contributed by atoms with E-state index in [1.807, 2.05) is 24.7 Å². The molecular weight excluding hydrogens is 462 g/mol. The first-order valence-corrected chi connectivity index (χ1v) is 13.3. The highest BCUT2D eigenvalue weighted by Crippen LogP contribution is 2.43. The lowest BCUT2D eigenvalue weighted by Crippen LogP contribution is -2.47. The summed E-state index contributed by atoms with van der Waals surface area (Å²) in [5, 5.41) is 3.94. The quantitative estimate of drug-likeness (QED) is 0.500. The number of nitrogens with zero attached hydrogens (tertiary/aromatic N) is 6. The Bertz CT molecular complexity index is 1130. The molecule has 184 valence electrons. The van der Waals surface area contributed by atoms with Crippen molar-refractivity contribution in [2.24, 2.45) is 11.3 Å². The van der Waals surface area contributed by atoms with Gasteiger partial charge in [0.1, 0.15) is 6.10 Å². The molecule has 9 nitrogen and oxygen atoms in total. The zero-order valence-corrected chi connectivity index (χ0v) is 20.8. The number of thiazole rings is 1. The molecule has 0 aromatic carbocycles. The minimum absolute atomic E-state index is 0.171. The third-order valence-corrected chi connectivity index (χ3v) is 8.34. The van der Waals surface area contributed by atoms with Crippen molar-refractivity contribution in [2.75, 3.05) is 38.2 Å². The highest BCUT2D eigenvalue weighted by molar-refractivity contribution is 7.18. The van der Waals surface area contributed by atoms with E-state index in [4.69, 9.17) is 9.47 Å². The summed E-state index contributed by atoms with van der Waals surface area (Å²) >= 11 is 1.51. The Morgan fingerprint density at radius 3 is 2.63 bits per heavy atom. The SMILES string of the molecule is CCN1CC(Cc2cnc(Nc3ncc(-c4ccnc(OC5CCC6(CC5)COC6)n4)s3)nc2)C1. The van der Waals surface area contributed by atoms with E-state index in [2.05, 4.69) is 42.1 Å². The third kappa shape index (κ3) is 5.14. The topological polar surface area (TPSA) is 98.2 Å². The molecule has 10 heteroatoms. The van der Waals surface area contributed by atoms with E-state index in [0.717, 1.165) is 67.6 Å². The molecule has 1 aliphatic carbocycles. The molecule has 3 aromatic heterocycles. The molecule has 0 bridgehead atoms.